The van der Waals surface area contributed by atoms with Crippen LogP contribution in [0.4, 0.5) is 0 Å². The summed E-state index contributed by atoms with van der Waals surface area (Å²) in [4.78, 5) is 0. The molecule has 0 aliphatic carbocycles. The van der Waals surface area contributed by atoms with Crippen molar-refractivity contribution in [2.75, 3.05) is 25.6 Å². The first kappa shape index (κ1) is 25.9. The Hall–Kier alpha value is -0.110. The molecule has 26 heavy (non-hydrogen) atoms. The van der Waals surface area contributed by atoms with Gasteiger partial charge in [-0.3, -0.25) is 0 Å². The van der Waals surface area contributed by atoms with E-state index in [2.05, 4.69) is 19.1 Å². The summed E-state index contributed by atoms with van der Waals surface area (Å²) in [6.45, 7) is 2.74. The molecule has 144 valence electrons. The summed E-state index contributed by atoms with van der Waals surface area (Å²) in [5, 5.41) is 0. The van der Waals surface area contributed by atoms with Gasteiger partial charge in [0.25, 0.3) is 0 Å². The normalized spacial score (nSPS) is 11.2. The van der Waals surface area contributed by atoms with Crippen LogP contribution in [0.15, 0.2) is 24.3 Å². The van der Waals surface area contributed by atoms with Crippen LogP contribution in [-0.2, 0) is 21.3 Å². The van der Waals surface area contributed by atoms with Gasteiger partial charge in [-0.25, -0.2) is 8.42 Å². The minimum Gasteiger partial charge on any atom is -0.748 e. The van der Waals surface area contributed by atoms with Crippen molar-refractivity contribution < 1.29 is 52.0 Å². The SMILES string of the molecule is CCCCCCCCCc1ccc(OCCOCCS(=O)(=O)[O-])cc1.[Na+]. The van der Waals surface area contributed by atoms with E-state index in [-0.39, 0.29) is 42.8 Å². The second kappa shape index (κ2) is 15.9. The Kier molecular flexibility index (Phi) is 15.8. The van der Waals surface area contributed by atoms with Gasteiger partial charge >= 0.3 is 29.6 Å². The Morgan fingerprint density at radius 1 is 0.885 bits per heavy atom. The molecule has 0 spiro atoms. The van der Waals surface area contributed by atoms with E-state index in [9.17, 15) is 13.0 Å². The average molecular weight is 395 g/mol. The Balaban J connectivity index is 0.00000625. The van der Waals surface area contributed by atoms with Crippen molar-refractivity contribution in [1.29, 1.82) is 0 Å². The van der Waals surface area contributed by atoms with Gasteiger partial charge in [-0.2, -0.15) is 0 Å². The van der Waals surface area contributed by atoms with Gasteiger partial charge in [0.05, 0.1) is 29.1 Å². The van der Waals surface area contributed by atoms with Crippen LogP contribution >= 0.6 is 0 Å². The number of benzene rings is 1. The topological polar surface area (TPSA) is 75.7 Å². The first-order valence-electron chi connectivity index (χ1n) is 9.24. The van der Waals surface area contributed by atoms with Crippen LogP contribution in [0.1, 0.15) is 57.4 Å². The van der Waals surface area contributed by atoms with E-state index in [0.717, 1.165) is 12.2 Å². The molecule has 0 aliphatic rings. The zero-order valence-corrected chi connectivity index (χ0v) is 19.1. The molecule has 5 nitrogen and oxygen atoms in total. The smallest absolute Gasteiger partial charge is 0.748 e. The number of hydrogen-bond acceptors (Lipinski definition) is 5. The molecule has 1 aromatic carbocycles. The molecule has 1 rings (SSSR count). The molecular formula is C19H31NaO5S. The molecule has 0 aliphatic heterocycles. The van der Waals surface area contributed by atoms with E-state index in [1.807, 2.05) is 12.1 Å². The van der Waals surface area contributed by atoms with Gasteiger partial charge in [-0.15, -0.1) is 0 Å². The van der Waals surface area contributed by atoms with Crippen LogP contribution in [-0.4, -0.2) is 38.5 Å². The fourth-order valence-corrected chi connectivity index (χ4v) is 2.84. The quantitative estimate of drug-likeness (QED) is 0.251. The fraction of sp³-hybridized carbons (Fsp3) is 0.684. The number of aryl methyl sites for hydroxylation is 1. The van der Waals surface area contributed by atoms with Gasteiger partial charge in [0, 0.05) is 0 Å². The number of ether oxygens (including phenoxy) is 2. The molecule has 0 saturated carbocycles. The molecule has 0 unspecified atom stereocenters. The fourth-order valence-electron chi connectivity index (χ4n) is 2.52. The van der Waals surface area contributed by atoms with Gasteiger partial charge < -0.3 is 14.0 Å². The van der Waals surface area contributed by atoms with E-state index in [1.165, 1.54) is 50.5 Å². The molecule has 0 atom stereocenters. The van der Waals surface area contributed by atoms with Crippen LogP contribution < -0.4 is 34.3 Å². The maximum Gasteiger partial charge on any atom is 1.00 e. The van der Waals surface area contributed by atoms with Gasteiger partial charge in [0.15, 0.2) is 0 Å². The third-order valence-electron chi connectivity index (χ3n) is 3.97. The molecule has 0 aromatic heterocycles. The summed E-state index contributed by atoms with van der Waals surface area (Å²) in [6.07, 6.45) is 10.3. The molecular weight excluding hydrogens is 363 g/mol. The predicted molar refractivity (Wildman–Crippen MR) is 99.0 cm³/mol. The van der Waals surface area contributed by atoms with Crippen molar-refractivity contribution in [3.8, 4) is 5.75 Å². The van der Waals surface area contributed by atoms with Crippen molar-refractivity contribution in [3.05, 3.63) is 29.8 Å². The van der Waals surface area contributed by atoms with Crippen LogP contribution in [0, 0.1) is 0 Å². The monoisotopic (exact) mass is 394 g/mol. The van der Waals surface area contributed by atoms with E-state index in [0.29, 0.717) is 6.61 Å². The van der Waals surface area contributed by atoms with Crippen molar-refractivity contribution in [2.24, 2.45) is 0 Å². The van der Waals surface area contributed by atoms with Crippen molar-refractivity contribution in [3.63, 3.8) is 0 Å². The molecule has 0 fully saturated rings. The molecule has 0 heterocycles. The zero-order valence-electron chi connectivity index (χ0n) is 16.2. The molecule has 7 heteroatoms. The molecule has 1 aromatic rings. The van der Waals surface area contributed by atoms with Gasteiger partial charge in [0.1, 0.15) is 12.4 Å². The Morgan fingerprint density at radius 2 is 1.50 bits per heavy atom. The van der Waals surface area contributed by atoms with Crippen LogP contribution in [0.2, 0.25) is 0 Å². The van der Waals surface area contributed by atoms with Crippen LogP contribution in [0.25, 0.3) is 0 Å². The van der Waals surface area contributed by atoms with Gasteiger partial charge in [-0.1, -0.05) is 57.6 Å². The maximum absolute atomic E-state index is 10.4. The first-order valence-corrected chi connectivity index (χ1v) is 10.8. The summed E-state index contributed by atoms with van der Waals surface area (Å²) < 4.78 is 41.8. The molecule has 0 saturated heterocycles. The first-order chi connectivity index (χ1) is 12.0. The summed E-state index contributed by atoms with van der Waals surface area (Å²) in [5.41, 5.74) is 1.32. The van der Waals surface area contributed by atoms with E-state index in [4.69, 9.17) is 9.47 Å². The van der Waals surface area contributed by atoms with Crippen molar-refractivity contribution >= 4 is 10.1 Å². The summed E-state index contributed by atoms with van der Waals surface area (Å²) in [5.74, 6) is 0.267. The zero-order chi connectivity index (χ0) is 18.4. The Labute approximate surface area is 180 Å². The Morgan fingerprint density at radius 3 is 2.12 bits per heavy atom. The van der Waals surface area contributed by atoms with Crippen molar-refractivity contribution in [1.82, 2.24) is 0 Å². The summed E-state index contributed by atoms with van der Waals surface area (Å²) in [7, 11) is -4.20. The second-order valence-electron chi connectivity index (χ2n) is 6.24. The number of unbranched alkanes of at least 4 members (excludes halogenated alkanes) is 6. The number of hydrogen-bond donors (Lipinski definition) is 0. The summed E-state index contributed by atoms with van der Waals surface area (Å²) in [6, 6.07) is 8.05. The minimum absolute atomic E-state index is 0. The molecule has 0 N–H and O–H groups in total. The number of rotatable bonds is 15. The molecule has 0 bridgehead atoms. The largest absolute Gasteiger partial charge is 1.00 e. The second-order valence-corrected chi connectivity index (χ2v) is 7.76. The third kappa shape index (κ3) is 15.0. The predicted octanol–water partition coefficient (Wildman–Crippen LogP) is 0.924. The molecule has 0 amide bonds. The van der Waals surface area contributed by atoms with Crippen LogP contribution in [0.3, 0.4) is 0 Å². The summed E-state index contributed by atoms with van der Waals surface area (Å²) >= 11 is 0. The van der Waals surface area contributed by atoms with Crippen molar-refractivity contribution in [2.45, 2.75) is 58.3 Å². The van der Waals surface area contributed by atoms with E-state index in [1.54, 1.807) is 0 Å². The average Bonchev–Trinajstić information content (AvgIpc) is 2.57. The minimum atomic E-state index is -4.20. The Bertz CT molecular complexity index is 546. The standard InChI is InChI=1S/C19H32O5S.Na/c1-2-3-4-5-6-7-8-9-18-10-12-19(13-11-18)24-15-14-23-16-17-25(20,21)22;/h10-13H,2-9,14-17H2,1H3,(H,20,21,22);/q;+1/p-1. The van der Waals surface area contributed by atoms with Gasteiger partial charge in [0.2, 0.25) is 0 Å². The van der Waals surface area contributed by atoms with E-state index >= 15 is 0 Å². The molecule has 0 radical (unpaired) electrons. The van der Waals surface area contributed by atoms with E-state index < -0.39 is 15.9 Å². The van der Waals surface area contributed by atoms with Crippen LogP contribution in [0.5, 0.6) is 5.75 Å². The van der Waals surface area contributed by atoms with Gasteiger partial charge in [-0.05, 0) is 30.5 Å². The third-order valence-corrected chi connectivity index (χ3v) is 4.63. The maximum atomic E-state index is 10.4.